The quantitative estimate of drug-likeness (QED) is 0.602. The maximum Gasteiger partial charge on any atom is 0.0261 e. The molecule has 1 unspecified atom stereocenters. The van der Waals surface area contributed by atoms with Crippen LogP contribution in [0.25, 0.3) is 0 Å². The van der Waals surface area contributed by atoms with E-state index in [1.165, 1.54) is 12.0 Å². The van der Waals surface area contributed by atoms with Crippen LogP contribution in [0.2, 0.25) is 0 Å². The predicted molar refractivity (Wildman–Crippen MR) is 70.0 cm³/mol. The highest BCUT2D eigenvalue weighted by molar-refractivity contribution is 8.01. The lowest BCUT2D eigenvalue weighted by molar-refractivity contribution is 0.382. The molecule has 0 N–H and O–H groups in total. The average Bonchev–Trinajstić information content (AvgIpc) is 1.78. The average molecular weight is 214 g/mol. The van der Waals surface area contributed by atoms with Crippen molar-refractivity contribution in [2.75, 3.05) is 0 Å². The van der Waals surface area contributed by atoms with Gasteiger partial charge in [-0.2, -0.15) is 0 Å². The van der Waals surface area contributed by atoms with Gasteiger partial charge in [0.1, 0.15) is 0 Å². The number of thioether (sulfide) groups is 1. The largest absolute Gasteiger partial charge is 0.148 e. The molecular formula is C13H26S. The minimum atomic E-state index is 0.328. The molecule has 0 aliphatic rings. The van der Waals surface area contributed by atoms with Crippen molar-refractivity contribution in [1.82, 2.24) is 0 Å². The van der Waals surface area contributed by atoms with Gasteiger partial charge in [0.05, 0.1) is 0 Å². The van der Waals surface area contributed by atoms with E-state index in [9.17, 15) is 0 Å². The normalized spacial score (nSPS) is 15.4. The first-order valence-corrected chi connectivity index (χ1v) is 6.22. The zero-order valence-corrected chi connectivity index (χ0v) is 11.7. The number of hydrogen-bond donors (Lipinski definition) is 0. The standard InChI is InChI=1S/C13H26S/c1-10(2)11(9-12(3,4)5)14-13(6,7)8/h11H,1,9H2,2-8H3. The maximum absolute atomic E-state index is 4.10. The smallest absolute Gasteiger partial charge is 0.0261 e. The van der Waals surface area contributed by atoms with Gasteiger partial charge in [0, 0.05) is 10.00 Å². The molecule has 0 fully saturated rings. The SMILES string of the molecule is C=C(C)C(CC(C)(C)C)SC(C)(C)C. The molecule has 0 bridgehead atoms. The Morgan fingerprint density at radius 3 is 1.79 bits per heavy atom. The molecule has 0 amide bonds. The van der Waals surface area contributed by atoms with Crippen molar-refractivity contribution in [2.45, 2.75) is 64.9 Å². The van der Waals surface area contributed by atoms with E-state index in [-0.39, 0.29) is 0 Å². The highest BCUT2D eigenvalue weighted by Gasteiger charge is 2.24. The molecule has 0 aliphatic heterocycles. The van der Waals surface area contributed by atoms with Gasteiger partial charge in [-0.25, -0.2) is 0 Å². The highest BCUT2D eigenvalue weighted by atomic mass is 32.2. The molecule has 0 heterocycles. The van der Waals surface area contributed by atoms with Gasteiger partial charge < -0.3 is 0 Å². The molecule has 0 aromatic heterocycles. The molecule has 1 heteroatoms. The van der Waals surface area contributed by atoms with Gasteiger partial charge >= 0.3 is 0 Å². The van der Waals surface area contributed by atoms with Gasteiger partial charge in [0.2, 0.25) is 0 Å². The molecule has 0 aromatic carbocycles. The first kappa shape index (κ1) is 14.1. The molecule has 0 spiro atoms. The Labute approximate surface area is 94.6 Å². The Hall–Kier alpha value is 0.0900. The van der Waals surface area contributed by atoms with E-state index in [0.29, 0.717) is 15.4 Å². The fourth-order valence-corrected chi connectivity index (χ4v) is 2.94. The summed E-state index contributed by atoms with van der Waals surface area (Å²) in [6.07, 6.45) is 1.21. The minimum absolute atomic E-state index is 0.328. The molecule has 14 heavy (non-hydrogen) atoms. The third-order valence-corrected chi connectivity index (χ3v) is 3.40. The van der Waals surface area contributed by atoms with Crippen molar-refractivity contribution in [3.05, 3.63) is 12.2 Å². The van der Waals surface area contributed by atoms with Crippen molar-refractivity contribution in [3.63, 3.8) is 0 Å². The lowest BCUT2D eigenvalue weighted by Gasteiger charge is -2.31. The lowest BCUT2D eigenvalue weighted by Crippen LogP contribution is -2.21. The van der Waals surface area contributed by atoms with Crippen LogP contribution in [0.15, 0.2) is 12.2 Å². The summed E-state index contributed by atoms with van der Waals surface area (Å²) in [5.74, 6) is 0. The van der Waals surface area contributed by atoms with Crippen molar-refractivity contribution in [2.24, 2.45) is 5.41 Å². The number of rotatable bonds is 3. The predicted octanol–water partition coefficient (Wildman–Crippen LogP) is 4.90. The molecule has 0 aliphatic carbocycles. The van der Waals surface area contributed by atoms with Crippen molar-refractivity contribution >= 4 is 11.8 Å². The monoisotopic (exact) mass is 214 g/mol. The summed E-state index contributed by atoms with van der Waals surface area (Å²) in [5.41, 5.74) is 1.70. The van der Waals surface area contributed by atoms with E-state index in [4.69, 9.17) is 0 Å². The topological polar surface area (TPSA) is 0 Å². The van der Waals surface area contributed by atoms with Gasteiger partial charge in [-0.15, -0.1) is 11.8 Å². The Morgan fingerprint density at radius 1 is 1.14 bits per heavy atom. The first-order valence-electron chi connectivity index (χ1n) is 5.34. The minimum Gasteiger partial charge on any atom is -0.148 e. The van der Waals surface area contributed by atoms with Gasteiger partial charge in [-0.05, 0) is 18.8 Å². The van der Waals surface area contributed by atoms with E-state index in [1.807, 2.05) is 11.8 Å². The summed E-state index contributed by atoms with van der Waals surface area (Å²) in [7, 11) is 0. The zero-order chi connectivity index (χ0) is 11.6. The Morgan fingerprint density at radius 2 is 1.57 bits per heavy atom. The molecule has 1 atom stereocenters. The second-order valence-electron chi connectivity index (χ2n) is 6.33. The molecular weight excluding hydrogens is 188 g/mol. The molecule has 84 valence electrons. The third kappa shape index (κ3) is 7.49. The van der Waals surface area contributed by atoms with E-state index in [2.05, 4.69) is 55.0 Å². The molecule has 0 radical (unpaired) electrons. The second kappa shape index (κ2) is 4.74. The zero-order valence-electron chi connectivity index (χ0n) is 10.9. The number of hydrogen-bond acceptors (Lipinski definition) is 1. The van der Waals surface area contributed by atoms with Crippen LogP contribution in [0.3, 0.4) is 0 Å². The van der Waals surface area contributed by atoms with Crippen LogP contribution in [0.4, 0.5) is 0 Å². The molecule has 0 nitrogen and oxygen atoms in total. The van der Waals surface area contributed by atoms with Crippen LogP contribution < -0.4 is 0 Å². The molecule has 0 saturated heterocycles. The highest BCUT2D eigenvalue weighted by Crippen LogP contribution is 2.37. The molecule has 0 aromatic rings. The van der Waals surface area contributed by atoms with E-state index in [0.717, 1.165) is 0 Å². The van der Waals surface area contributed by atoms with Gasteiger partial charge in [-0.3, -0.25) is 0 Å². The van der Waals surface area contributed by atoms with Crippen molar-refractivity contribution in [3.8, 4) is 0 Å². The van der Waals surface area contributed by atoms with Crippen LogP contribution in [0.5, 0.6) is 0 Å². The van der Waals surface area contributed by atoms with Crippen molar-refractivity contribution < 1.29 is 0 Å². The summed E-state index contributed by atoms with van der Waals surface area (Å²) in [5, 5.41) is 0.593. The Kier molecular flexibility index (Phi) is 4.77. The van der Waals surface area contributed by atoms with Gasteiger partial charge in [-0.1, -0.05) is 53.7 Å². The van der Waals surface area contributed by atoms with Crippen molar-refractivity contribution in [1.29, 1.82) is 0 Å². The second-order valence-corrected chi connectivity index (χ2v) is 8.36. The van der Waals surface area contributed by atoms with E-state index in [1.54, 1.807) is 0 Å². The third-order valence-electron chi connectivity index (χ3n) is 1.84. The van der Waals surface area contributed by atoms with Crippen LogP contribution in [0, 0.1) is 5.41 Å². The van der Waals surface area contributed by atoms with E-state index >= 15 is 0 Å². The fourth-order valence-electron chi connectivity index (χ4n) is 1.30. The first-order chi connectivity index (χ1) is 6.01. The van der Waals surface area contributed by atoms with E-state index < -0.39 is 0 Å². The van der Waals surface area contributed by atoms with Crippen LogP contribution in [-0.4, -0.2) is 10.00 Å². The summed E-state index contributed by atoms with van der Waals surface area (Å²) >= 11 is 2.04. The van der Waals surface area contributed by atoms with Gasteiger partial charge in [0.25, 0.3) is 0 Å². The molecule has 0 rings (SSSR count). The van der Waals surface area contributed by atoms with Gasteiger partial charge in [0.15, 0.2) is 0 Å². The Balaban J connectivity index is 4.40. The Bertz CT molecular complexity index is 174. The fraction of sp³-hybridized carbons (Fsp3) is 0.846. The van der Waals surface area contributed by atoms with Crippen LogP contribution >= 0.6 is 11.8 Å². The maximum atomic E-state index is 4.10. The lowest BCUT2D eigenvalue weighted by atomic mass is 9.89. The summed E-state index contributed by atoms with van der Waals surface area (Å²) < 4.78 is 0.328. The van der Waals surface area contributed by atoms with Crippen LogP contribution in [-0.2, 0) is 0 Å². The summed E-state index contributed by atoms with van der Waals surface area (Å²) in [6.45, 7) is 20.0. The summed E-state index contributed by atoms with van der Waals surface area (Å²) in [4.78, 5) is 0. The van der Waals surface area contributed by atoms with Crippen LogP contribution in [0.1, 0.15) is 54.9 Å². The molecule has 0 saturated carbocycles. The summed E-state index contributed by atoms with van der Waals surface area (Å²) in [6, 6.07) is 0.